The van der Waals surface area contributed by atoms with Crippen LogP contribution in [0.15, 0.2) is 30.6 Å². The first-order valence-corrected chi connectivity index (χ1v) is 10.3. The van der Waals surface area contributed by atoms with E-state index < -0.39 is 11.0 Å². The summed E-state index contributed by atoms with van der Waals surface area (Å²) < 4.78 is 16.2. The number of aromatic nitrogens is 4. The summed E-state index contributed by atoms with van der Waals surface area (Å²) in [6.07, 6.45) is 3.78. The van der Waals surface area contributed by atoms with E-state index >= 15 is 0 Å². The Kier molecular flexibility index (Phi) is 5.44. The fourth-order valence-corrected chi connectivity index (χ4v) is 4.19. The Morgan fingerprint density at radius 2 is 1.96 bits per heavy atom. The van der Waals surface area contributed by atoms with Crippen LogP contribution in [0.25, 0.3) is 16.9 Å². The van der Waals surface area contributed by atoms with Crippen molar-refractivity contribution in [1.29, 1.82) is 0 Å². The van der Waals surface area contributed by atoms with E-state index in [2.05, 4.69) is 16.0 Å². The van der Waals surface area contributed by atoms with E-state index in [1.165, 1.54) is 0 Å². The lowest BCUT2D eigenvalue weighted by Gasteiger charge is -2.27. The van der Waals surface area contributed by atoms with Crippen molar-refractivity contribution in [2.75, 3.05) is 6.54 Å². The average molecular weight is 386 g/mol. The van der Waals surface area contributed by atoms with Gasteiger partial charge in [-0.2, -0.15) is 5.10 Å². The molecule has 3 aromatic heterocycles. The van der Waals surface area contributed by atoms with Crippen molar-refractivity contribution in [3.05, 3.63) is 47.5 Å². The Hall–Kier alpha value is -2.12. The Morgan fingerprint density at radius 1 is 1.22 bits per heavy atom. The van der Waals surface area contributed by atoms with Crippen LogP contribution in [0.5, 0.6) is 0 Å². The molecule has 0 spiro atoms. The first-order valence-electron chi connectivity index (χ1n) is 9.15. The van der Waals surface area contributed by atoms with Crippen LogP contribution in [-0.4, -0.2) is 39.4 Å². The first-order chi connectivity index (χ1) is 12.7. The topological polar surface area (TPSA) is 63.4 Å². The fourth-order valence-electron chi connectivity index (χ4n) is 2.93. The zero-order valence-corrected chi connectivity index (χ0v) is 17.7. The van der Waals surface area contributed by atoms with Crippen LogP contribution in [0.4, 0.5) is 0 Å². The lowest BCUT2D eigenvalue weighted by Crippen LogP contribution is -2.37. The quantitative estimate of drug-likeness (QED) is 0.672. The van der Waals surface area contributed by atoms with Crippen molar-refractivity contribution in [2.24, 2.45) is 0 Å². The molecule has 1 unspecified atom stereocenters. The Labute approximate surface area is 163 Å². The molecule has 0 saturated heterocycles. The predicted molar refractivity (Wildman–Crippen MR) is 110 cm³/mol. The van der Waals surface area contributed by atoms with E-state index in [0.29, 0.717) is 13.1 Å². The van der Waals surface area contributed by atoms with E-state index in [1.807, 2.05) is 70.4 Å². The molecule has 0 radical (unpaired) electrons. The summed E-state index contributed by atoms with van der Waals surface area (Å²) in [5.41, 5.74) is 5.63. The molecule has 6 nitrogen and oxygen atoms in total. The highest BCUT2D eigenvalue weighted by Crippen LogP contribution is 2.24. The average Bonchev–Trinajstić information content (AvgIpc) is 2.98. The molecule has 0 saturated carbocycles. The summed E-state index contributed by atoms with van der Waals surface area (Å²) in [5, 5.41) is 4.69. The summed E-state index contributed by atoms with van der Waals surface area (Å²) in [7, 11) is -1.08. The van der Waals surface area contributed by atoms with Gasteiger partial charge >= 0.3 is 0 Å². The number of aryl methyl sites for hydroxylation is 2. The molecular weight excluding hydrogens is 358 g/mol. The highest BCUT2D eigenvalue weighted by molar-refractivity contribution is 7.84. The van der Waals surface area contributed by atoms with Crippen molar-refractivity contribution in [2.45, 2.75) is 52.8 Å². The maximum Gasteiger partial charge on any atom is 0.153 e. The molecular formula is C20H27N5OS. The van der Waals surface area contributed by atoms with Crippen LogP contribution in [0, 0.1) is 13.8 Å². The summed E-state index contributed by atoms with van der Waals surface area (Å²) in [6.45, 7) is 13.2. The number of pyridine rings is 1. The Balaban J connectivity index is 1.94. The molecule has 0 aliphatic heterocycles. The molecule has 0 fully saturated rings. The van der Waals surface area contributed by atoms with E-state index in [-0.39, 0.29) is 4.75 Å². The maximum atomic E-state index is 12.8. The van der Waals surface area contributed by atoms with E-state index in [4.69, 9.17) is 5.10 Å². The van der Waals surface area contributed by atoms with Crippen molar-refractivity contribution in [3.8, 4) is 11.3 Å². The number of fused-ring (bicyclic) bond motifs is 1. The third-order valence-corrected chi connectivity index (χ3v) is 6.23. The number of hydrogen-bond acceptors (Lipinski definition) is 4. The molecule has 3 aromatic rings. The van der Waals surface area contributed by atoms with Gasteiger partial charge in [-0.1, -0.05) is 6.92 Å². The smallest absolute Gasteiger partial charge is 0.153 e. The summed E-state index contributed by atoms with van der Waals surface area (Å²) in [4.78, 5) is 8.99. The minimum atomic E-state index is -1.08. The standard InChI is InChI=1S/C20H27N5OS/c1-7-24(27(26)20(4,5)6)13-16-10-17(14(2)11-21-16)18-8-9-19-22-15(3)12-25(19)23-18/h8-12H,7,13H2,1-6H3. The molecule has 0 aromatic carbocycles. The molecule has 0 N–H and O–H groups in total. The van der Waals surface area contributed by atoms with Gasteiger partial charge in [-0.05, 0) is 58.4 Å². The molecule has 3 heterocycles. The first kappa shape index (κ1) is 19.6. The highest BCUT2D eigenvalue weighted by atomic mass is 32.2. The van der Waals surface area contributed by atoms with Crippen LogP contribution in [0.3, 0.4) is 0 Å². The second-order valence-electron chi connectivity index (χ2n) is 7.71. The number of imidazole rings is 1. The second kappa shape index (κ2) is 7.48. The lowest BCUT2D eigenvalue weighted by atomic mass is 10.1. The number of nitrogens with zero attached hydrogens (tertiary/aromatic N) is 5. The summed E-state index contributed by atoms with van der Waals surface area (Å²) >= 11 is 0. The van der Waals surface area contributed by atoms with Gasteiger partial charge in [-0.3, -0.25) is 4.98 Å². The van der Waals surface area contributed by atoms with Crippen molar-refractivity contribution < 1.29 is 4.21 Å². The third kappa shape index (κ3) is 4.25. The zero-order valence-electron chi connectivity index (χ0n) is 16.9. The lowest BCUT2D eigenvalue weighted by molar-refractivity contribution is 0.442. The Bertz CT molecular complexity index is 990. The van der Waals surface area contributed by atoms with Crippen molar-refractivity contribution >= 4 is 16.6 Å². The van der Waals surface area contributed by atoms with Gasteiger partial charge in [0, 0.05) is 18.3 Å². The van der Waals surface area contributed by atoms with Gasteiger partial charge in [0.15, 0.2) is 5.65 Å². The van der Waals surface area contributed by atoms with Crippen LogP contribution in [0.1, 0.15) is 44.6 Å². The molecule has 7 heteroatoms. The molecule has 27 heavy (non-hydrogen) atoms. The minimum absolute atomic E-state index is 0.296. The summed E-state index contributed by atoms with van der Waals surface area (Å²) in [5.74, 6) is 0. The van der Waals surface area contributed by atoms with Crippen LogP contribution < -0.4 is 0 Å². The molecule has 0 aliphatic rings. The Morgan fingerprint density at radius 3 is 2.63 bits per heavy atom. The number of hydrogen-bond donors (Lipinski definition) is 0. The number of rotatable bonds is 5. The van der Waals surface area contributed by atoms with E-state index in [9.17, 15) is 4.21 Å². The van der Waals surface area contributed by atoms with Crippen LogP contribution >= 0.6 is 0 Å². The highest BCUT2D eigenvalue weighted by Gasteiger charge is 2.25. The molecule has 0 amide bonds. The van der Waals surface area contributed by atoms with Crippen molar-refractivity contribution in [3.63, 3.8) is 0 Å². The monoisotopic (exact) mass is 385 g/mol. The van der Waals surface area contributed by atoms with Gasteiger partial charge in [0.05, 0.1) is 34.6 Å². The fraction of sp³-hybridized carbons (Fsp3) is 0.450. The zero-order chi connectivity index (χ0) is 19.8. The van der Waals surface area contributed by atoms with E-state index in [0.717, 1.165) is 33.9 Å². The third-order valence-electron chi connectivity index (χ3n) is 4.33. The molecule has 3 rings (SSSR count). The summed E-state index contributed by atoms with van der Waals surface area (Å²) in [6, 6.07) is 6.01. The molecule has 0 bridgehead atoms. The van der Waals surface area contributed by atoms with Gasteiger partial charge < -0.3 is 0 Å². The molecule has 1 atom stereocenters. The normalized spacial score (nSPS) is 13.4. The van der Waals surface area contributed by atoms with Gasteiger partial charge in [-0.25, -0.2) is 18.0 Å². The van der Waals surface area contributed by atoms with Crippen LogP contribution in [0.2, 0.25) is 0 Å². The molecule has 144 valence electrons. The van der Waals surface area contributed by atoms with Gasteiger partial charge in [0.25, 0.3) is 0 Å². The second-order valence-corrected chi connectivity index (χ2v) is 9.95. The largest absolute Gasteiger partial charge is 0.260 e. The van der Waals surface area contributed by atoms with Crippen LogP contribution in [-0.2, 0) is 17.5 Å². The van der Waals surface area contributed by atoms with Gasteiger partial charge in [0.1, 0.15) is 11.0 Å². The van der Waals surface area contributed by atoms with Crippen molar-refractivity contribution in [1.82, 2.24) is 23.9 Å². The van der Waals surface area contributed by atoms with Gasteiger partial charge in [-0.15, -0.1) is 0 Å². The minimum Gasteiger partial charge on any atom is -0.260 e. The predicted octanol–water partition coefficient (Wildman–Crippen LogP) is 3.69. The van der Waals surface area contributed by atoms with Gasteiger partial charge in [0.2, 0.25) is 0 Å². The maximum absolute atomic E-state index is 12.8. The molecule has 0 aliphatic carbocycles. The van der Waals surface area contributed by atoms with E-state index in [1.54, 1.807) is 4.52 Å². The SMILES string of the molecule is CCN(Cc1cc(-c2ccc3nc(C)cn3n2)c(C)cn1)S(=O)C(C)(C)C.